The molecule has 4 saturated heterocycles. The van der Waals surface area contributed by atoms with Gasteiger partial charge in [-0.15, -0.1) is 10.2 Å². The van der Waals surface area contributed by atoms with Gasteiger partial charge in [0.05, 0.1) is 93.0 Å². The molecule has 0 radical (unpaired) electrons. The maximum absolute atomic E-state index is 13.5. The molecular formula is C109H110F5N31O2. The van der Waals surface area contributed by atoms with Crippen LogP contribution in [-0.4, -0.2) is 214 Å². The van der Waals surface area contributed by atoms with Crippen LogP contribution in [0.2, 0.25) is 0 Å². The fourth-order valence-electron chi connectivity index (χ4n) is 19.6. The minimum absolute atomic E-state index is 0.0248. The largest absolute Gasteiger partial charge is 0.368 e. The fraction of sp³-hybridized carbons (Fsp3) is 0.275. The number of nitrogens with one attached hydrogen (secondary N) is 2. The van der Waals surface area contributed by atoms with E-state index in [0.717, 1.165) is 265 Å². The van der Waals surface area contributed by atoms with Crippen molar-refractivity contribution in [3.05, 3.63) is 316 Å². The molecule has 19 aromatic rings. The second kappa shape index (κ2) is 44.7. The molecule has 6 N–H and O–H groups in total. The molecule has 748 valence electrons. The third-order valence-electron chi connectivity index (χ3n) is 27.1. The third kappa shape index (κ3) is 23.0. The van der Waals surface area contributed by atoms with E-state index in [-0.39, 0.29) is 58.6 Å². The number of imidazole rings is 5. The van der Waals surface area contributed by atoms with E-state index in [4.69, 9.17) is 45.7 Å². The zero-order chi connectivity index (χ0) is 101. The first-order valence-corrected chi connectivity index (χ1v) is 49.3. The number of likely N-dealkylation sites (tertiary alicyclic amines) is 2. The first kappa shape index (κ1) is 97.8. The maximum atomic E-state index is 13.5. The standard InChI is InChI=1S/C23H24FN7O.C23H23FN6.C22H22FN7O.C22H21FN6.C19H20FN5/c1-25-23-26-10-6-20(28-23)22-21(16-2-4-17(24)5-3-16)27-15-31(22)19-7-11-30(12-8-19)14-18-9-13-32-29-18;1-23(2)15-29(14-13-26-23)20-8-7-19-27-21(16-3-5-18(24)6-4-16)22(30(19)28-20)17-9-11-25-12-10-17;23-16-3-1-15(2-4-16)20-21(19-5-9-25-22(24)27-19)30(14-26-20)18-6-10-29(11-7-18)13-17-8-12-31-28-17;1-27-12-14-28(15-13-27)20-7-6-19-25-21(16-2-4-18(23)5-3-16)22(29(19)26-20)17-8-10-24-11-9-17;20-14-8-6-13(7-9-14)17-18(16-10-11-22-19(21)24-16)25(12-23-17)15-4-2-1-3-5-15/h2-6,9-10,13,15,19H,7-8,11-12,14H2,1H3,(H,25,26,28);3-12,26H,13-15H2,1-2H3;1-5,8-9,12,14,18H,6-7,10-11,13H2,(H2,24,25,27);2-11H,12-15H2,1H3;6-12,15H,1-5H2,(H2,21,22,24). The van der Waals surface area contributed by atoms with Gasteiger partial charge < -0.3 is 59.5 Å². The van der Waals surface area contributed by atoms with Crippen LogP contribution >= 0.6 is 0 Å². The molecule has 5 aromatic carbocycles. The number of nitrogen functional groups attached to an aromatic ring is 2. The number of likely N-dealkylation sites (N-methyl/N-ethyl adjacent to an activating group) is 1. The molecule has 5 aliphatic rings. The van der Waals surface area contributed by atoms with Gasteiger partial charge in [0, 0.05) is 210 Å². The summed E-state index contributed by atoms with van der Waals surface area (Å²) in [5.74, 6) is 1.49. The number of piperazine rings is 2. The van der Waals surface area contributed by atoms with E-state index >= 15 is 0 Å². The number of fused-ring (bicyclic) bond motifs is 2. The molecule has 1 aliphatic carbocycles. The van der Waals surface area contributed by atoms with Crippen LogP contribution in [0, 0.1) is 29.1 Å². The van der Waals surface area contributed by atoms with Crippen LogP contribution in [0.1, 0.15) is 101 Å². The highest BCUT2D eigenvalue weighted by atomic mass is 19.1. The van der Waals surface area contributed by atoms with Crippen molar-refractivity contribution in [3.63, 3.8) is 0 Å². The van der Waals surface area contributed by atoms with Gasteiger partial charge in [0.25, 0.3) is 0 Å². The first-order chi connectivity index (χ1) is 71.8. The van der Waals surface area contributed by atoms with Crippen molar-refractivity contribution in [2.45, 2.75) is 108 Å². The van der Waals surface area contributed by atoms with Gasteiger partial charge in [0.1, 0.15) is 64.6 Å². The Morgan fingerprint density at radius 2 is 0.741 bits per heavy atom. The van der Waals surface area contributed by atoms with Crippen LogP contribution in [-0.2, 0) is 13.1 Å². The van der Waals surface area contributed by atoms with Crippen LogP contribution in [0.5, 0.6) is 0 Å². The molecule has 0 spiro atoms. The molecule has 147 heavy (non-hydrogen) atoms. The molecule has 0 atom stereocenters. The van der Waals surface area contributed by atoms with E-state index in [1.54, 1.807) is 124 Å². The Morgan fingerprint density at radius 3 is 1.12 bits per heavy atom. The molecule has 1 saturated carbocycles. The quantitative estimate of drug-likeness (QED) is 0.0515. The minimum Gasteiger partial charge on any atom is -0.368 e. The van der Waals surface area contributed by atoms with Crippen molar-refractivity contribution in [2.24, 2.45) is 0 Å². The van der Waals surface area contributed by atoms with E-state index in [1.807, 2.05) is 107 Å². The summed E-state index contributed by atoms with van der Waals surface area (Å²) in [4.78, 5) is 69.4. The normalized spacial score (nSPS) is 15.5. The maximum Gasteiger partial charge on any atom is 0.222 e. The van der Waals surface area contributed by atoms with Crippen molar-refractivity contribution in [3.8, 4) is 113 Å². The number of hydrogen-bond donors (Lipinski definition) is 4. The number of piperidine rings is 2. The second-order valence-electron chi connectivity index (χ2n) is 37.5. The van der Waals surface area contributed by atoms with Crippen LogP contribution in [0.15, 0.2) is 284 Å². The highest BCUT2D eigenvalue weighted by Gasteiger charge is 2.33. The van der Waals surface area contributed by atoms with Gasteiger partial charge in [-0.05, 0) is 247 Å². The van der Waals surface area contributed by atoms with E-state index < -0.39 is 0 Å². The molecule has 0 amide bonds. The number of rotatable bonds is 20. The molecule has 0 unspecified atom stereocenters. The Morgan fingerprint density at radius 1 is 0.367 bits per heavy atom. The Balaban J connectivity index is 0.000000112. The number of hydrogen-bond acceptors (Lipinski definition) is 28. The molecule has 4 aliphatic heterocycles. The van der Waals surface area contributed by atoms with Gasteiger partial charge in [-0.25, -0.2) is 85.8 Å². The number of halogens is 5. The fourth-order valence-corrected chi connectivity index (χ4v) is 19.6. The van der Waals surface area contributed by atoms with Gasteiger partial charge in [0.2, 0.25) is 17.8 Å². The van der Waals surface area contributed by atoms with Gasteiger partial charge >= 0.3 is 0 Å². The van der Waals surface area contributed by atoms with Crippen molar-refractivity contribution in [2.75, 3.05) is 113 Å². The van der Waals surface area contributed by atoms with Crippen LogP contribution in [0.25, 0.3) is 124 Å². The average Bonchev–Trinajstić information content (AvgIpc) is 1.62. The number of anilines is 5. The SMILES string of the molecule is CC1(C)CN(c2ccc3nc(-c4ccc(F)cc4)c(-c4ccncc4)n3n2)CCN1.CN1CCN(c2ccc3nc(-c4ccc(F)cc4)c(-c4ccncc4)n3n2)CC1.CNc1nccc(-c2c(-c3ccc(F)cc3)ncn2C2CCN(Cc3ccon3)CC2)n1.Nc1nccc(-c2c(-c3ccc(F)cc3)ncn2C2CCCCC2)n1.Nc1nccc(-c2c(-c3ccc(F)cc3)ncn2C2CCN(Cc3ccon3)CC2)n1. The lowest BCUT2D eigenvalue weighted by Crippen LogP contribution is -2.57. The van der Waals surface area contributed by atoms with E-state index in [1.165, 1.54) is 79.9 Å². The lowest BCUT2D eigenvalue weighted by Gasteiger charge is -2.39. The van der Waals surface area contributed by atoms with E-state index in [0.29, 0.717) is 17.7 Å². The van der Waals surface area contributed by atoms with Crippen LogP contribution in [0.3, 0.4) is 0 Å². The predicted octanol–water partition coefficient (Wildman–Crippen LogP) is 18.9. The molecular weight excluding hydrogens is 1870 g/mol. The molecule has 0 bridgehead atoms. The summed E-state index contributed by atoms with van der Waals surface area (Å²) < 4.78 is 87.5. The monoisotopic (exact) mass is 1980 g/mol. The summed E-state index contributed by atoms with van der Waals surface area (Å²) >= 11 is 0. The lowest BCUT2D eigenvalue weighted by atomic mass is 9.95. The summed E-state index contributed by atoms with van der Waals surface area (Å²) in [6.45, 7) is 16.3. The number of aromatic nitrogens is 22. The van der Waals surface area contributed by atoms with Gasteiger partial charge in [-0.2, -0.15) is 0 Å². The van der Waals surface area contributed by atoms with Gasteiger partial charge in [-0.3, -0.25) is 19.8 Å². The zero-order valence-electron chi connectivity index (χ0n) is 81.7. The molecule has 14 aromatic heterocycles. The number of nitrogens with two attached hydrogens (primary N) is 2. The molecule has 38 heteroatoms. The highest BCUT2D eigenvalue weighted by molar-refractivity contribution is 5.85. The van der Waals surface area contributed by atoms with E-state index in [9.17, 15) is 22.0 Å². The van der Waals surface area contributed by atoms with Gasteiger partial charge in [0.15, 0.2) is 11.3 Å². The van der Waals surface area contributed by atoms with E-state index in [2.05, 4.69) is 130 Å². The Labute approximate surface area is 844 Å². The molecule has 24 rings (SSSR count). The average molecular weight is 1980 g/mol. The lowest BCUT2D eigenvalue weighted by molar-refractivity contribution is 0.176. The van der Waals surface area contributed by atoms with Crippen molar-refractivity contribution >= 4 is 40.8 Å². The Hall–Kier alpha value is -16.6. The first-order valence-electron chi connectivity index (χ1n) is 49.3. The third-order valence-corrected chi connectivity index (χ3v) is 27.1. The highest BCUT2D eigenvalue weighted by Crippen LogP contribution is 2.43. The second-order valence-corrected chi connectivity index (χ2v) is 37.5. The summed E-state index contributed by atoms with van der Waals surface area (Å²) in [6.07, 6.45) is 30.8. The summed E-state index contributed by atoms with van der Waals surface area (Å²) in [5.41, 5.74) is 31.8. The summed E-state index contributed by atoms with van der Waals surface area (Å²) in [5, 5.41) is 24.5. The number of benzene rings is 5. The van der Waals surface area contributed by atoms with Crippen molar-refractivity contribution < 1.29 is 31.0 Å². The number of nitrogens with zero attached hydrogens (tertiary/aromatic N) is 27. The Bertz CT molecular complexity index is 7570. The topological polar surface area (TPSA) is 361 Å². The molecule has 5 fully saturated rings. The minimum atomic E-state index is -0.282. The molecule has 33 nitrogen and oxygen atoms in total. The zero-order valence-corrected chi connectivity index (χ0v) is 81.7. The Kier molecular flexibility index (Phi) is 29.8. The summed E-state index contributed by atoms with van der Waals surface area (Å²) in [6, 6.07) is 58.1. The smallest absolute Gasteiger partial charge is 0.222 e. The summed E-state index contributed by atoms with van der Waals surface area (Å²) in [7, 11) is 3.93. The van der Waals surface area contributed by atoms with Crippen molar-refractivity contribution in [1.29, 1.82) is 0 Å². The molecule has 18 heterocycles. The van der Waals surface area contributed by atoms with Crippen LogP contribution < -0.4 is 31.9 Å². The van der Waals surface area contributed by atoms with Crippen molar-refractivity contribution in [1.82, 2.24) is 128 Å². The van der Waals surface area contributed by atoms with Gasteiger partial charge in [-0.1, -0.05) is 29.6 Å². The predicted molar refractivity (Wildman–Crippen MR) is 554 cm³/mol. The number of pyridine rings is 2. The van der Waals surface area contributed by atoms with Crippen LogP contribution in [0.4, 0.5) is 51.4 Å².